The average molecular weight is 196 g/mol. The summed E-state index contributed by atoms with van der Waals surface area (Å²) >= 11 is 0. The second kappa shape index (κ2) is 3.25. The van der Waals surface area contributed by atoms with Crippen LogP contribution in [0.5, 0.6) is 0 Å². The second-order valence-corrected chi connectivity index (χ2v) is 5.50. The topological polar surface area (TPSA) is 26.3 Å². The molecule has 3 saturated carbocycles. The van der Waals surface area contributed by atoms with Crippen molar-refractivity contribution in [2.24, 2.45) is 23.2 Å². The van der Waals surface area contributed by atoms with Crippen LogP contribution in [-0.4, -0.2) is 12.6 Å². The van der Waals surface area contributed by atoms with E-state index < -0.39 is 0 Å². The first kappa shape index (κ1) is 10.0. The molecule has 3 rings (SSSR count). The van der Waals surface area contributed by atoms with Gasteiger partial charge < -0.3 is 4.74 Å². The van der Waals surface area contributed by atoms with Crippen LogP contribution >= 0.6 is 0 Å². The molecule has 0 aromatic carbocycles. The van der Waals surface area contributed by atoms with Crippen LogP contribution < -0.4 is 0 Å². The summed E-state index contributed by atoms with van der Waals surface area (Å²) in [5, 5.41) is 0. The summed E-state index contributed by atoms with van der Waals surface area (Å²) in [5.74, 6) is 2.21. The van der Waals surface area contributed by atoms with Crippen molar-refractivity contribution < 1.29 is 9.53 Å². The Bertz CT molecular complexity index is 243. The molecule has 3 atom stereocenters. The van der Waals surface area contributed by atoms with Gasteiger partial charge >= 0.3 is 5.97 Å². The standard InChI is InChI=1S/C12H20O2/c1-8(13)14-7-9-4-5-10-6-11(9)12(10,2)3/h9-11H,4-7H2,1-3H3/t9-,10+,11+/m0/s1. The first-order chi connectivity index (χ1) is 6.51. The number of hydrogen-bond acceptors (Lipinski definition) is 2. The van der Waals surface area contributed by atoms with Crippen LogP contribution in [0.25, 0.3) is 0 Å². The molecule has 0 unspecified atom stereocenters. The van der Waals surface area contributed by atoms with Crippen molar-refractivity contribution in [2.75, 3.05) is 6.61 Å². The number of carbonyl (C=O) groups excluding carboxylic acids is 1. The fraction of sp³-hybridized carbons (Fsp3) is 0.917. The third kappa shape index (κ3) is 1.45. The van der Waals surface area contributed by atoms with E-state index in [1.54, 1.807) is 0 Å². The molecule has 0 amide bonds. The number of hydrogen-bond donors (Lipinski definition) is 0. The van der Waals surface area contributed by atoms with Gasteiger partial charge in [-0.05, 0) is 42.4 Å². The van der Waals surface area contributed by atoms with E-state index in [2.05, 4.69) is 13.8 Å². The largest absolute Gasteiger partial charge is 0.466 e. The maximum atomic E-state index is 10.7. The van der Waals surface area contributed by atoms with Gasteiger partial charge in [0.05, 0.1) is 6.61 Å². The quantitative estimate of drug-likeness (QED) is 0.635. The molecular formula is C12H20O2. The maximum Gasteiger partial charge on any atom is 0.302 e. The molecule has 0 spiro atoms. The molecular weight excluding hydrogens is 176 g/mol. The van der Waals surface area contributed by atoms with Crippen molar-refractivity contribution in [1.82, 2.24) is 0 Å². The predicted octanol–water partition coefficient (Wildman–Crippen LogP) is 2.62. The highest BCUT2D eigenvalue weighted by molar-refractivity contribution is 5.65. The summed E-state index contributed by atoms with van der Waals surface area (Å²) in [7, 11) is 0. The van der Waals surface area contributed by atoms with Crippen LogP contribution in [-0.2, 0) is 9.53 Å². The van der Waals surface area contributed by atoms with Gasteiger partial charge in [-0.3, -0.25) is 4.79 Å². The zero-order valence-corrected chi connectivity index (χ0v) is 9.38. The third-order valence-electron chi connectivity index (χ3n) is 4.50. The van der Waals surface area contributed by atoms with Gasteiger partial charge in [-0.2, -0.15) is 0 Å². The molecule has 80 valence electrons. The fourth-order valence-electron chi connectivity index (χ4n) is 3.39. The smallest absolute Gasteiger partial charge is 0.302 e. The molecule has 0 radical (unpaired) electrons. The van der Waals surface area contributed by atoms with E-state index >= 15 is 0 Å². The normalized spacial score (nSPS) is 38.6. The van der Waals surface area contributed by atoms with Crippen molar-refractivity contribution in [1.29, 1.82) is 0 Å². The van der Waals surface area contributed by atoms with Gasteiger partial charge in [0, 0.05) is 6.92 Å². The molecule has 2 nitrogen and oxygen atoms in total. The van der Waals surface area contributed by atoms with Gasteiger partial charge in [0.2, 0.25) is 0 Å². The van der Waals surface area contributed by atoms with Crippen molar-refractivity contribution in [3.63, 3.8) is 0 Å². The Labute approximate surface area is 86.0 Å². The summed E-state index contributed by atoms with van der Waals surface area (Å²) in [6.07, 6.45) is 3.94. The summed E-state index contributed by atoms with van der Waals surface area (Å²) in [4.78, 5) is 10.7. The minimum atomic E-state index is -0.135. The Kier molecular flexibility index (Phi) is 2.32. The molecule has 0 aromatic heterocycles. The molecule has 0 heterocycles. The van der Waals surface area contributed by atoms with E-state index in [9.17, 15) is 4.79 Å². The molecule has 14 heavy (non-hydrogen) atoms. The first-order valence-electron chi connectivity index (χ1n) is 5.65. The zero-order chi connectivity index (χ0) is 10.3. The van der Waals surface area contributed by atoms with Gasteiger partial charge in [-0.25, -0.2) is 0 Å². The van der Waals surface area contributed by atoms with Gasteiger partial charge in [0.25, 0.3) is 0 Å². The van der Waals surface area contributed by atoms with Crippen molar-refractivity contribution in [3.8, 4) is 0 Å². The van der Waals surface area contributed by atoms with E-state index in [0.717, 1.165) is 11.8 Å². The minimum absolute atomic E-state index is 0.135. The predicted molar refractivity (Wildman–Crippen MR) is 54.7 cm³/mol. The Hall–Kier alpha value is -0.530. The summed E-state index contributed by atoms with van der Waals surface area (Å²) in [5.41, 5.74) is 0.503. The van der Waals surface area contributed by atoms with Crippen LogP contribution in [0.2, 0.25) is 0 Å². The highest BCUT2D eigenvalue weighted by Crippen LogP contribution is 2.61. The molecule has 0 aliphatic heterocycles. The second-order valence-electron chi connectivity index (χ2n) is 5.50. The molecule has 3 aliphatic carbocycles. The van der Waals surface area contributed by atoms with Crippen LogP contribution in [0, 0.1) is 23.2 Å². The molecule has 2 heteroatoms. The lowest BCUT2D eigenvalue weighted by Gasteiger charge is -2.60. The van der Waals surface area contributed by atoms with Gasteiger partial charge in [-0.1, -0.05) is 13.8 Å². The zero-order valence-electron chi connectivity index (χ0n) is 9.38. The van der Waals surface area contributed by atoms with Crippen molar-refractivity contribution in [2.45, 2.75) is 40.0 Å². The monoisotopic (exact) mass is 196 g/mol. The lowest BCUT2D eigenvalue weighted by Crippen LogP contribution is -2.53. The molecule has 0 N–H and O–H groups in total. The van der Waals surface area contributed by atoms with Crippen molar-refractivity contribution in [3.05, 3.63) is 0 Å². The van der Waals surface area contributed by atoms with Gasteiger partial charge in [-0.15, -0.1) is 0 Å². The summed E-state index contributed by atoms with van der Waals surface area (Å²) < 4.78 is 5.13. The number of fused-ring (bicyclic) bond motifs is 2. The van der Waals surface area contributed by atoms with Crippen LogP contribution in [0.4, 0.5) is 0 Å². The highest BCUT2D eigenvalue weighted by atomic mass is 16.5. The summed E-state index contributed by atoms with van der Waals surface area (Å²) in [6, 6.07) is 0. The fourth-order valence-corrected chi connectivity index (χ4v) is 3.39. The van der Waals surface area contributed by atoms with Crippen molar-refractivity contribution >= 4 is 5.97 Å². The molecule has 3 aliphatic rings. The Balaban J connectivity index is 1.91. The van der Waals surface area contributed by atoms with Crippen LogP contribution in [0.1, 0.15) is 40.0 Å². The molecule has 0 saturated heterocycles. The SMILES string of the molecule is CC(=O)OC[C@@H]1CC[C@@H]2C[C@H]1C2(C)C. The minimum Gasteiger partial charge on any atom is -0.466 e. The lowest BCUT2D eigenvalue weighted by atomic mass is 9.46. The van der Waals surface area contributed by atoms with E-state index in [1.165, 1.54) is 26.2 Å². The van der Waals surface area contributed by atoms with Crippen LogP contribution in [0.15, 0.2) is 0 Å². The summed E-state index contributed by atoms with van der Waals surface area (Å²) in [6.45, 7) is 6.88. The Morgan fingerprint density at radius 3 is 2.64 bits per heavy atom. The average Bonchev–Trinajstić information content (AvgIpc) is 2.14. The number of esters is 1. The molecule has 3 fully saturated rings. The van der Waals surface area contributed by atoms with Gasteiger partial charge in [0.1, 0.15) is 0 Å². The maximum absolute atomic E-state index is 10.7. The van der Waals surface area contributed by atoms with Gasteiger partial charge in [0.15, 0.2) is 0 Å². The Morgan fingerprint density at radius 2 is 2.14 bits per heavy atom. The first-order valence-corrected chi connectivity index (χ1v) is 5.65. The third-order valence-corrected chi connectivity index (χ3v) is 4.50. The van der Waals surface area contributed by atoms with E-state index in [1.807, 2.05) is 0 Å². The molecule has 0 aromatic rings. The van der Waals surface area contributed by atoms with E-state index in [4.69, 9.17) is 4.74 Å². The van der Waals surface area contributed by atoms with Crippen LogP contribution in [0.3, 0.4) is 0 Å². The number of ether oxygens (including phenoxy) is 1. The molecule has 2 bridgehead atoms. The number of rotatable bonds is 2. The lowest BCUT2D eigenvalue weighted by molar-refractivity contribution is -0.153. The van der Waals surface area contributed by atoms with E-state index in [-0.39, 0.29) is 5.97 Å². The Morgan fingerprint density at radius 1 is 1.43 bits per heavy atom. The highest BCUT2D eigenvalue weighted by Gasteiger charge is 2.54. The van der Waals surface area contributed by atoms with E-state index in [0.29, 0.717) is 17.9 Å². The number of carbonyl (C=O) groups is 1.